The molecule has 1 N–H and O–H groups in total. The van der Waals surface area contributed by atoms with E-state index in [0.29, 0.717) is 23.8 Å². The predicted octanol–water partition coefficient (Wildman–Crippen LogP) is 1.81. The number of hydrogen-bond acceptors (Lipinski definition) is 5. The first-order valence-electron chi connectivity index (χ1n) is 7.24. The molecule has 1 saturated heterocycles. The van der Waals surface area contributed by atoms with Gasteiger partial charge in [0.25, 0.3) is 0 Å². The standard InChI is InChI=1S/C15H24N2O3/c1-4-17-6-5-12(10-17)8-16-9-13-7-14(11(2)20-13)15(18)19-3/h7,12,16H,4-6,8-10H2,1-3H3. The minimum Gasteiger partial charge on any atom is -0.465 e. The van der Waals surface area contributed by atoms with Crippen LogP contribution in [0.4, 0.5) is 0 Å². The third-order valence-corrected chi connectivity index (χ3v) is 3.92. The van der Waals surface area contributed by atoms with Crippen molar-refractivity contribution in [1.29, 1.82) is 0 Å². The van der Waals surface area contributed by atoms with Crippen LogP contribution in [0.5, 0.6) is 0 Å². The van der Waals surface area contributed by atoms with Gasteiger partial charge in [-0.15, -0.1) is 0 Å². The van der Waals surface area contributed by atoms with Crippen LogP contribution in [0.15, 0.2) is 10.5 Å². The third kappa shape index (κ3) is 3.61. The van der Waals surface area contributed by atoms with Crippen molar-refractivity contribution in [1.82, 2.24) is 10.2 Å². The molecule has 1 unspecified atom stereocenters. The van der Waals surface area contributed by atoms with Crippen molar-refractivity contribution in [2.45, 2.75) is 26.8 Å². The molecule has 2 rings (SSSR count). The molecule has 1 aliphatic heterocycles. The molecule has 0 spiro atoms. The van der Waals surface area contributed by atoms with E-state index in [1.165, 1.54) is 26.6 Å². The average molecular weight is 280 g/mol. The second kappa shape index (κ2) is 6.90. The Morgan fingerprint density at radius 3 is 3.05 bits per heavy atom. The number of esters is 1. The second-order valence-corrected chi connectivity index (χ2v) is 5.35. The van der Waals surface area contributed by atoms with Gasteiger partial charge in [-0.1, -0.05) is 6.92 Å². The van der Waals surface area contributed by atoms with Crippen molar-refractivity contribution in [2.24, 2.45) is 5.92 Å². The van der Waals surface area contributed by atoms with Gasteiger partial charge >= 0.3 is 5.97 Å². The Bertz CT molecular complexity index is 456. The lowest BCUT2D eigenvalue weighted by Crippen LogP contribution is -2.26. The summed E-state index contributed by atoms with van der Waals surface area (Å²) in [6.07, 6.45) is 1.26. The van der Waals surface area contributed by atoms with Crippen LogP contribution in [0, 0.1) is 12.8 Å². The quantitative estimate of drug-likeness (QED) is 0.805. The maximum absolute atomic E-state index is 11.5. The smallest absolute Gasteiger partial charge is 0.341 e. The molecule has 112 valence electrons. The Labute approximate surface area is 120 Å². The number of nitrogens with one attached hydrogen (secondary N) is 1. The largest absolute Gasteiger partial charge is 0.465 e. The number of hydrogen-bond donors (Lipinski definition) is 1. The fourth-order valence-corrected chi connectivity index (χ4v) is 2.71. The van der Waals surface area contributed by atoms with Gasteiger partial charge < -0.3 is 19.4 Å². The van der Waals surface area contributed by atoms with E-state index in [1.807, 2.05) is 0 Å². The molecule has 1 aromatic rings. The highest BCUT2D eigenvalue weighted by atomic mass is 16.5. The zero-order chi connectivity index (χ0) is 14.5. The lowest BCUT2D eigenvalue weighted by molar-refractivity contribution is 0.0599. The summed E-state index contributed by atoms with van der Waals surface area (Å²) in [6, 6.07) is 1.77. The van der Waals surface area contributed by atoms with Crippen molar-refractivity contribution in [3.8, 4) is 0 Å². The Balaban J connectivity index is 1.79. The predicted molar refractivity (Wildman–Crippen MR) is 76.7 cm³/mol. The molecule has 5 heteroatoms. The number of likely N-dealkylation sites (tertiary alicyclic amines) is 1. The van der Waals surface area contributed by atoms with Crippen molar-refractivity contribution in [3.05, 3.63) is 23.2 Å². The maximum Gasteiger partial charge on any atom is 0.341 e. The molecule has 0 amide bonds. The van der Waals surface area contributed by atoms with Gasteiger partial charge in [-0.3, -0.25) is 0 Å². The van der Waals surface area contributed by atoms with Gasteiger partial charge in [0.15, 0.2) is 0 Å². The molecule has 0 radical (unpaired) electrons. The lowest BCUT2D eigenvalue weighted by atomic mass is 10.1. The van der Waals surface area contributed by atoms with E-state index in [9.17, 15) is 4.79 Å². The van der Waals surface area contributed by atoms with Crippen LogP contribution < -0.4 is 5.32 Å². The number of carbonyl (C=O) groups excluding carboxylic acids is 1. The molecular weight excluding hydrogens is 256 g/mol. The fourth-order valence-electron chi connectivity index (χ4n) is 2.71. The van der Waals surface area contributed by atoms with Gasteiger partial charge in [-0.05, 0) is 45.0 Å². The van der Waals surface area contributed by atoms with E-state index in [-0.39, 0.29) is 5.97 Å². The van der Waals surface area contributed by atoms with Crippen LogP contribution in [0.3, 0.4) is 0 Å². The number of rotatable bonds is 6. The molecule has 0 aromatic carbocycles. The SMILES string of the molecule is CCN1CCC(CNCc2cc(C(=O)OC)c(C)o2)C1. The topological polar surface area (TPSA) is 54.7 Å². The Morgan fingerprint density at radius 1 is 1.60 bits per heavy atom. The minimum absolute atomic E-state index is 0.341. The first kappa shape index (κ1) is 15.1. The molecular formula is C15H24N2O3. The van der Waals surface area contributed by atoms with Gasteiger partial charge in [-0.25, -0.2) is 4.79 Å². The first-order valence-corrected chi connectivity index (χ1v) is 7.24. The van der Waals surface area contributed by atoms with E-state index in [2.05, 4.69) is 17.1 Å². The summed E-state index contributed by atoms with van der Waals surface area (Å²) in [4.78, 5) is 14.0. The van der Waals surface area contributed by atoms with Crippen LogP contribution in [0.1, 0.15) is 35.2 Å². The summed E-state index contributed by atoms with van der Waals surface area (Å²) in [5, 5.41) is 3.41. The van der Waals surface area contributed by atoms with E-state index in [1.54, 1.807) is 13.0 Å². The van der Waals surface area contributed by atoms with Crippen LogP contribution in [0.2, 0.25) is 0 Å². The highest BCUT2D eigenvalue weighted by Gasteiger charge is 2.21. The van der Waals surface area contributed by atoms with Crippen LogP contribution in [-0.4, -0.2) is 44.2 Å². The minimum atomic E-state index is -0.341. The van der Waals surface area contributed by atoms with Crippen molar-refractivity contribution in [2.75, 3.05) is 33.3 Å². The maximum atomic E-state index is 11.5. The van der Waals surface area contributed by atoms with Crippen molar-refractivity contribution >= 4 is 5.97 Å². The van der Waals surface area contributed by atoms with E-state index in [0.717, 1.165) is 18.8 Å². The summed E-state index contributed by atoms with van der Waals surface area (Å²) in [6.45, 7) is 9.14. The summed E-state index contributed by atoms with van der Waals surface area (Å²) >= 11 is 0. The lowest BCUT2D eigenvalue weighted by Gasteiger charge is -2.13. The molecule has 1 fully saturated rings. The van der Waals surface area contributed by atoms with Gasteiger partial charge in [-0.2, -0.15) is 0 Å². The number of methoxy groups -OCH3 is 1. The van der Waals surface area contributed by atoms with Gasteiger partial charge in [0.2, 0.25) is 0 Å². The van der Waals surface area contributed by atoms with Crippen LogP contribution >= 0.6 is 0 Å². The highest BCUT2D eigenvalue weighted by Crippen LogP contribution is 2.17. The highest BCUT2D eigenvalue weighted by molar-refractivity contribution is 5.90. The van der Waals surface area contributed by atoms with E-state index < -0.39 is 0 Å². The summed E-state index contributed by atoms with van der Waals surface area (Å²) in [5.74, 6) is 1.78. The fraction of sp³-hybridized carbons (Fsp3) is 0.667. The van der Waals surface area contributed by atoms with Crippen LogP contribution in [-0.2, 0) is 11.3 Å². The third-order valence-electron chi connectivity index (χ3n) is 3.92. The van der Waals surface area contributed by atoms with E-state index >= 15 is 0 Å². The number of ether oxygens (including phenoxy) is 1. The first-order chi connectivity index (χ1) is 9.63. The number of aryl methyl sites for hydroxylation is 1. The normalized spacial score (nSPS) is 19.4. The van der Waals surface area contributed by atoms with Gasteiger partial charge in [0.1, 0.15) is 17.1 Å². The molecule has 0 bridgehead atoms. The molecule has 0 saturated carbocycles. The van der Waals surface area contributed by atoms with Gasteiger partial charge in [0.05, 0.1) is 13.7 Å². The molecule has 0 aliphatic carbocycles. The molecule has 2 heterocycles. The molecule has 20 heavy (non-hydrogen) atoms. The summed E-state index contributed by atoms with van der Waals surface area (Å²) in [5.41, 5.74) is 0.516. The summed E-state index contributed by atoms with van der Waals surface area (Å²) < 4.78 is 10.3. The Hall–Kier alpha value is -1.33. The number of nitrogens with zero attached hydrogens (tertiary/aromatic N) is 1. The van der Waals surface area contributed by atoms with E-state index in [4.69, 9.17) is 9.15 Å². The zero-order valence-corrected chi connectivity index (χ0v) is 12.6. The molecule has 1 aromatic heterocycles. The summed E-state index contributed by atoms with van der Waals surface area (Å²) in [7, 11) is 1.38. The second-order valence-electron chi connectivity index (χ2n) is 5.35. The van der Waals surface area contributed by atoms with Gasteiger partial charge in [0, 0.05) is 6.54 Å². The average Bonchev–Trinajstić information content (AvgIpc) is 3.05. The zero-order valence-electron chi connectivity index (χ0n) is 12.6. The molecule has 1 aliphatic rings. The number of carbonyl (C=O) groups is 1. The molecule has 1 atom stereocenters. The van der Waals surface area contributed by atoms with Crippen molar-refractivity contribution < 1.29 is 13.9 Å². The molecule has 5 nitrogen and oxygen atoms in total. The number of furan rings is 1. The Kier molecular flexibility index (Phi) is 5.20. The van der Waals surface area contributed by atoms with Crippen LogP contribution in [0.25, 0.3) is 0 Å². The van der Waals surface area contributed by atoms with Crippen molar-refractivity contribution in [3.63, 3.8) is 0 Å². The Morgan fingerprint density at radius 2 is 2.40 bits per heavy atom. The monoisotopic (exact) mass is 280 g/mol.